The topological polar surface area (TPSA) is 104 Å². The fourth-order valence-corrected chi connectivity index (χ4v) is 0.373. The summed E-state index contributed by atoms with van der Waals surface area (Å²) in [6.45, 7) is 2.29. The van der Waals surface area contributed by atoms with Crippen LogP contribution in [-0.2, 0) is 4.84 Å². The van der Waals surface area contributed by atoms with Crippen LogP contribution in [0.5, 0.6) is 0 Å². The van der Waals surface area contributed by atoms with Crippen LogP contribution >= 0.6 is 0 Å². The highest BCUT2D eigenvalue weighted by molar-refractivity contribution is 6.46. The lowest BCUT2D eigenvalue weighted by Crippen LogP contribution is -2.22. The Hall–Kier alpha value is -1.77. The number of nitrogens with two attached hydrogens (primary N) is 1. The normalized spacial score (nSPS) is 12.3. The van der Waals surface area contributed by atoms with E-state index in [1.54, 1.807) is 6.07 Å². The molecule has 3 N–H and O–H groups in total. The number of amidine groups is 1. The van der Waals surface area contributed by atoms with E-state index in [0.717, 1.165) is 6.42 Å². The Labute approximate surface area is 69.9 Å². The minimum Gasteiger partial charge on any atom is -0.409 e. The summed E-state index contributed by atoms with van der Waals surface area (Å²) in [5.41, 5.74) is 4.85. The second-order valence-corrected chi connectivity index (χ2v) is 1.87. The van der Waals surface area contributed by atoms with Crippen molar-refractivity contribution in [3.05, 3.63) is 0 Å². The quantitative estimate of drug-likeness (QED) is 0.204. The number of nitrogens with zero attached hydrogens (tertiary/aromatic N) is 3. The fourth-order valence-electron chi connectivity index (χ4n) is 0.373. The third kappa shape index (κ3) is 3.41. The van der Waals surface area contributed by atoms with Crippen LogP contribution in [0.15, 0.2) is 10.3 Å². The molecule has 0 radical (unpaired) electrons. The van der Waals surface area contributed by atoms with Gasteiger partial charge < -0.3 is 15.8 Å². The lowest BCUT2D eigenvalue weighted by atomic mass is 10.4. The maximum Gasteiger partial charge on any atom is 0.224 e. The van der Waals surface area contributed by atoms with Crippen LogP contribution in [0.2, 0.25) is 0 Å². The summed E-state index contributed by atoms with van der Waals surface area (Å²) in [6.07, 6.45) is 0.776. The molecule has 0 aliphatic rings. The van der Waals surface area contributed by atoms with Crippen LogP contribution in [0.1, 0.15) is 13.3 Å². The van der Waals surface area contributed by atoms with Gasteiger partial charge in [0.25, 0.3) is 0 Å². The highest BCUT2D eigenvalue weighted by Crippen LogP contribution is 1.84. The number of hydrogen-bond donors (Lipinski definition) is 2. The smallest absolute Gasteiger partial charge is 0.224 e. The molecule has 0 atom stereocenters. The van der Waals surface area contributed by atoms with Gasteiger partial charge in [-0.2, -0.15) is 5.26 Å². The zero-order valence-electron chi connectivity index (χ0n) is 6.69. The highest BCUT2D eigenvalue weighted by Gasteiger charge is 2.03. The summed E-state index contributed by atoms with van der Waals surface area (Å²) in [7, 11) is 0. The molecule has 0 aromatic rings. The van der Waals surface area contributed by atoms with Gasteiger partial charge in [0.2, 0.25) is 11.5 Å². The molecule has 0 spiro atoms. The monoisotopic (exact) mass is 170 g/mol. The first-order chi connectivity index (χ1) is 5.76. The number of nitriles is 1. The van der Waals surface area contributed by atoms with Crippen molar-refractivity contribution < 1.29 is 10.0 Å². The molecule has 0 saturated carbocycles. The molecule has 66 valence electrons. The Bertz CT molecular complexity index is 228. The van der Waals surface area contributed by atoms with Crippen molar-refractivity contribution in [2.75, 3.05) is 6.61 Å². The van der Waals surface area contributed by atoms with Crippen molar-refractivity contribution >= 4 is 11.5 Å². The number of hydrogen-bond acceptors (Lipinski definition) is 5. The number of oxime groups is 2. The molecule has 0 aromatic heterocycles. The van der Waals surface area contributed by atoms with Crippen molar-refractivity contribution in [3.8, 4) is 6.07 Å². The molecule has 0 aliphatic heterocycles. The second kappa shape index (κ2) is 5.97. The molecule has 0 aliphatic carbocycles. The van der Waals surface area contributed by atoms with Crippen LogP contribution in [0.25, 0.3) is 0 Å². The summed E-state index contributed by atoms with van der Waals surface area (Å²) in [6, 6.07) is 1.62. The van der Waals surface area contributed by atoms with Crippen LogP contribution in [0, 0.1) is 11.3 Å². The van der Waals surface area contributed by atoms with Gasteiger partial charge in [-0.05, 0) is 6.42 Å². The van der Waals surface area contributed by atoms with Crippen molar-refractivity contribution in [2.45, 2.75) is 13.3 Å². The maximum absolute atomic E-state index is 8.39. The lowest BCUT2D eigenvalue weighted by Gasteiger charge is -1.95. The predicted octanol–water partition coefficient (Wildman–Crippen LogP) is 0.0390. The Morgan fingerprint density at radius 2 is 2.42 bits per heavy atom. The molecular weight excluding hydrogens is 160 g/mol. The van der Waals surface area contributed by atoms with Gasteiger partial charge in [-0.25, -0.2) is 0 Å². The zero-order chi connectivity index (χ0) is 9.40. The average Bonchev–Trinajstić information content (AvgIpc) is 2.11. The molecule has 0 aromatic carbocycles. The van der Waals surface area contributed by atoms with Crippen LogP contribution < -0.4 is 5.73 Å². The van der Waals surface area contributed by atoms with E-state index in [-0.39, 0.29) is 11.5 Å². The van der Waals surface area contributed by atoms with E-state index in [0.29, 0.717) is 6.61 Å². The summed E-state index contributed by atoms with van der Waals surface area (Å²) >= 11 is 0. The van der Waals surface area contributed by atoms with Gasteiger partial charge in [-0.3, -0.25) is 0 Å². The minimum absolute atomic E-state index is 0.231. The molecule has 0 unspecified atom stereocenters. The summed E-state index contributed by atoms with van der Waals surface area (Å²) in [4.78, 5) is 4.65. The largest absolute Gasteiger partial charge is 0.409 e. The van der Waals surface area contributed by atoms with Gasteiger partial charge in [-0.1, -0.05) is 17.2 Å². The van der Waals surface area contributed by atoms with E-state index < -0.39 is 0 Å². The van der Waals surface area contributed by atoms with Gasteiger partial charge in [-0.15, -0.1) is 0 Å². The molecule has 0 saturated heterocycles. The highest BCUT2D eigenvalue weighted by atomic mass is 16.6. The maximum atomic E-state index is 8.39. The van der Waals surface area contributed by atoms with Gasteiger partial charge >= 0.3 is 0 Å². The standard InChI is InChI=1S/C6H10N4O2/c1-2-3-12-10-5(4-7)6(8)9-11/h11H,2-3H2,1H3,(H2,8,9)/b10-5-. The van der Waals surface area contributed by atoms with Gasteiger partial charge in [0.05, 0.1) is 0 Å². The number of rotatable bonds is 4. The van der Waals surface area contributed by atoms with Gasteiger partial charge in [0.1, 0.15) is 12.7 Å². The van der Waals surface area contributed by atoms with Crippen molar-refractivity contribution in [1.29, 1.82) is 5.26 Å². The molecule has 0 bridgehead atoms. The molecule has 0 amide bonds. The van der Waals surface area contributed by atoms with E-state index in [1.807, 2.05) is 6.92 Å². The molecule has 0 rings (SSSR count). The van der Waals surface area contributed by atoms with Crippen molar-refractivity contribution in [1.82, 2.24) is 0 Å². The third-order valence-corrected chi connectivity index (χ3v) is 0.908. The second-order valence-electron chi connectivity index (χ2n) is 1.87. The van der Waals surface area contributed by atoms with Crippen molar-refractivity contribution in [3.63, 3.8) is 0 Å². The summed E-state index contributed by atoms with van der Waals surface area (Å²) in [5.74, 6) is -0.353. The van der Waals surface area contributed by atoms with E-state index in [4.69, 9.17) is 16.2 Å². The molecule has 0 heterocycles. The molecule has 0 fully saturated rings. The van der Waals surface area contributed by atoms with E-state index in [1.165, 1.54) is 0 Å². The Morgan fingerprint density at radius 3 is 2.83 bits per heavy atom. The zero-order valence-corrected chi connectivity index (χ0v) is 6.69. The predicted molar refractivity (Wildman–Crippen MR) is 42.7 cm³/mol. The molecule has 6 nitrogen and oxygen atoms in total. The summed E-state index contributed by atoms with van der Waals surface area (Å²) < 4.78 is 0. The molecule has 12 heavy (non-hydrogen) atoms. The van der Waals surface area contributed by atoms with Crippen LogP contribution in [0.4, 0.5) is 0 Å². The SMILES string of the molecule is CCCO/N=C(C#N)\C(N)=N/O. The van der Waals surface area contributed by atoms with Crippen molar-refractivity contribution in [2.24, 2.45) is 16.0 Å². The molecule has 6 heteroatoms. The fraction of sp³-hybridized carbons (Fsp3) is 0.500. The Balaban J connectivity index is 4.17. The van der Waals surface area contributed by atoms with E-state index >= 15 is 0 Å². The molecular formula is C6H10N4O2. The summed E-state index contributed by atoms with van der Waals surface area (Å²) in [5, 5.41) is 22.5. The minimum atomic E-state index is -0.353. The van der Waals surface area contributed by atoms with E-state index in [9.17, 15) is 0 Å². The first-order valence-electron chi connectivity index (χ1n) is 3.34. The lowest BCUT2D eigenvalue weighted by molar-refractivity contribution is 0.146. The first kappa shape index (κ1) is 10.2. The first-order valence-corrected chi connectivity index (χ1v) is 3.34. The third-order valence-electron chi connectivity index (χ3n) is 0.908. The Morgan fingerprint density at radius 1 is 1.75 bits per heavy atom. The van der Waals surface area contributed by atoms with Crippen LogP contribution in [-0.4, -0.2) is 23.4 Å². The van der Waals surface area contributed by atoms with Gasteiger partial charge in [0, 0.05) is 0 Å². The van der Waals surface area contributed by atoms with Gasteiger partial charge in [0.15, 0.2) is 0 Å². The Kier molecular flexibility index (Phi) is 5.09. The van der Waals surface area contributed by atoms with Crippen LogP contribution in [0.3, 0.4) is 0 Å². The van der Waals surface area contributed by atoms with E-state index in [2.05, 4.69) is 15.1 Å². The average molecular weight is 170 g/mol.